The van der Waals surface area contributed by atoms with E-state index in [0.717, 1.165) is 6.42 Å². The summed E-state index contributed by atoms with van der Waals surface area (Å²) in [5.74, 6) is 0. The maximum Gasteiger partial charge on any atom is -0.0285 e. The number of hydrogen-bond donors (Lipinski definition) is 0. The minimum Gasteiger partial charge on any atom is -0.0882 e. The Morgan fingerprint density at radius 1 is 1.25 bits per heavy atom. The molecule has 0 bridgehead atoms. The summed E-state index contributed by atoms with van der Waals surface area (Å²) in [4.78, 5) is 0. The minimum atomic E-state index is 0.467. The van der Waals surface area contributed by atoms with E-state index >= 15 is 0 Å². The largest absolute Gasteiger partial charge is 0.0882 e. The third kappa shape index (κ3) is 1.36. The quantitative estimate of drug-likeness (QED) is 0.419. The summed E-state index contributed by atoms with van der Waals surface area (Å²) in [6, 6.07) is 0. The van der Waals surface area contributed by atoms with Crippen LogP contribution in [0.1, 0.15) is 26.7 Å². The first kappa shape index (κ1) is 5.87. The molecule has 0 nitrogen and oxygen atoms in total. The first-order valence-electron chi connectivity index (χ1n) is 3.20. The number of rotatable bonds is 0. The van der Waals surface area contributed by atoms with E-state index in [-0.39, 0.29) is 0 Å². The summed E-state index contributed by atoms with van der Waals surface area (Å²) in [5, 5.41) is 0. The zero-order valence-corrected chi connectivity index (χ0v) is 5.65. The SMILES string of the molecule is CC1(C)[CH]CC=CC1. The summed E-state index contributed by atoms with van der Waals surface area (Å²) in [6.07, 6.45) is 9.23. The van der Waals surface area contributed by atoms with Crippen molar-refractivity contribution in [3.05, 3.63) is 18.6 Å². The van der Waals surface area contributed by atoms with Gasteiger partial charge in [0.25, 0.3) is 0 Å². The van der Waals surface area contributed by atoms with Gasteiger partial charge in [-0.2, -0.15) is 0 Å². The second kappa shape index (κ2) is 1.93. The van der Waals surface area contributed by atoms with Crippen LogP contribution in [0.5, 0.6) is 0 Å². The van der Waals surface area contributed by atoms with Gasteiger partial charge in [-0.3, -0.25) is 0 Å². The van der Waals surface area contributed by atoms with Crippen LogP contribution in [0.15, 0.2) is 12.2 Å². The second-order valence-corrected chi connectivity index (χ2v) is 3.10. The van der Waals surface area contributed by atoms with Crippen molar-refractivity contribution in [1.82, 2.24) is 0 Å². The molecule has 0 aliphatic heterocycles. The Morgan fingerprint density at radius 2 is 2.00 bits per heavy atom. The van der Waals surface area contributed by atoms with E-state index in [9.17, 15) is 0 Å². The molecule has 0 aromatic heterocycles. The van der Waals surface area contributed by atoms with Crippen LogP contribution in [0.2, 0.25) is 0 Å². The molecule has 0 fully saturated rings. The molecule has 0 amide bonds. The van der Waals surface area contributed by atoms with Gasteiger partial charge in [-0.15, -0.1) is 0 Å². The van der Waals surface area contributed by atoms with Crippen molar-refractivity contribution in [3.63, 3.8) is 0 Å². The molecule has 8 heavy (non-hydrogen) atoms. The Balaban J connectivity index is 2.50. The zero-order chi connectivity index (χ0) is 6.04. The van der Waals surface area contributed by atoms with E-state index in [1.54, 1.807) is 0 Å². The van der Waals surface area contributed by atoms with Gasteiger partial charge in [-0.1, -0.05) is 26.0 Å². The standard InChI is InChI=1S/C8H13/c1-8(2)6-4-3-5-7-8/h3-4,7H,5-6H2,1-2H3. The highest BCUT2D eigenvalue weighted by molar-refractivity contribution is 5.03. The van der Waals surface area contributed by atoms with Crippen molar-refractivity contribution in [2.75, 3.05) is 0 Å². The van der Waals surface area contributed by atoms with Gasteiger partial charge in [0.05, 0.1) is 0 Å². The summed E-state index contributed by atoms with van der Waals surface area (Å²) < 4.78 is 0. The topological polar surface area (TPSA) is 0 Å². The van der Waals surface area contributed by atoms with E-state index in [1.165, 1.54) is 6.42 Å². The molecule has 1 rings (SSSR count). The molecule has 0 saturated heterocycles. The van der Waals surface area contributed by atoms with Crippen LogP contribution in [-0.2, 0) is 0 Å². The van der Waals surface area contributed by atoms with Gasteiger partial charge in [0, 0.05) is 0 Å². The van der Waals surface area contributed by atoms with E-state index in [4.69, 9.17) is 0 Å². The third-order valence-electron chi connectivity index (χ3n) is 1.62. The van der Waals surface area contributed by atoms with Gasteiger partial charge < -0.3 is 0 Å². The molecule has 1 aliphatic carbocycles. The van der Waals surface area contributed by atoms with Crippen molar-refractivity contribution in [1.29, 1.82) is 0 Å². The minimum absolute atomic E-state index is 0.467. The summed E-state index contributed by atoms with van der Waals surface area (Å²) in [6.45, 7) is 4.55. The lowest BCUT2D eigenvalue weighted by molar-refractivity contribution is 0.426. The molecular formula is C8H13. The Hall–Kier alpha value is -0.260. The predicted octanol–water partition coefficient (Wildman–Crippen LogP) is 2.57. The Morgan fingerprint density at radius 3 is 2.25 bits per heavy atom. The van der Waals surface area contributed by atoms with Gasteiger partial charge in [0.1, 0.15) is 0 Å². The Labute approximate surface area is 51.6 Å². The highest BCUT2D eigenvalue weighted by Gasteiger charge is 2.17. The van der Waals surface area contributed by atoms with Gasteiger partial charge >= 0.3 is 0 Å². The molecular weight excluding hydrogens is 96.1 g/mol. The molecule has 0 heterocycles. The van der Waals surface area contributed by atoms with Crippen LogP contribution >= 0.6 is 0 Å². The normalized spacial score (nSPS) is 25.8. The zero-order valence-electron chi connectivity index (χ0n) is 5.65. The van der Waals surface area contributed by atoms with E-state index in [0.29, 0.717) is 5.41 Å². The number of allylic oxidation sites excluding steroid dienone is 2. The lowest BCUT2D eigenvalue weighted by atomic mass is 9.81. The van der Waals surface area contributed by atoms with Crippen LogP contribution in [-0.4, -0.2) is 0 Å². The molecule has 0 unspecified atom stereocenters. The molecule has 0 aromatic carbocycles. The maximum atomic E-state index is 2.37. The molecule has 0 saturated carbocycles. The fraction of sp³-hybridized carbons (Fsp3) is 0.625. The first-order chi connectivity index (χ1) is 3.71. The molecule has 0 aromatic rings. The smallest absolute Gasteiger partial charge is 0.0285 e. The highest BCUT2D eigenvalue weighted by atomic mass is 14.2. The van der Waals surface area contributed by atoms with Gasteiger partial charge in [-0.25, -0.2) is 0 Å². The molecule has 0 N–H and O–H groups in total. The van der Waals surface area contributed by atoms with E-state index in [2.05, 4.69) is 32.4 Å². The van der Waals surface area contributed by atoms with Crippen LogP contribution in [0, 0.1) is 11.8 Å². The highest BCUT2D eigenvalue weighted by Crippen LogP contribution is 2.29. The second-order valence-electron chi connectivity index (χ2n) is 3.10. The van der Waals surface area contributed by atoms with Crippen molar-refractivity contribution >= 4 is 0 Å². The molecule has 1 radical (unpaired) electrons. The van der Waals surface area contributed by atoms with Gasteiger partial charge in [0.15, 0.2) is 0 Å². The summed E-state index contributed by atoms with van der Waals surface area (Å²) in [7, 11) is 0. The van der Waals surface area contributed by atoms with Crippen molar-refractivity contribution in [2.24, 2.45) is 5.41 Å². The Kier molecular flexibility index (Phi) is 1.41. The summed E-state index contributed by atoms with van der Waals surface area (Å²) >= 11 is 0. The average Bonchev–Trinajstić information content (AvgIpc) is 1.65. The van der Waals surface area contributed by atoms with Gasteiger partial charge in [-0.05, 0) is 24.7 Å². The molecule has 0 heteroatoms. The average molecular weight is 109 g/mol. The lowest BCUT2D eigenvalue weighted by Crippen LogP contribution is -2.12. The molecule has 45 valence electrons. The molecule has 0 atom stereocenters. The third-order valence-corrected chi connectivity index (χ3v) is 1.62. The van der Waals surface area contributed by atoms with Crippen LogP contribution in [0.3, 0.4) is 0 Å². The van der Waals surface area contributed by atoms with Crippen LogP contribution < -0.4 is 0 Å². The predicted molar refractivity (Wildman–Crippen MR) is 36.5 cm³/mol. The lowest BCUT2D eigenvalue weighted by Gasteiger charge is -2.24. The molecule has 1 aliphatic rings. The van der Waals surface area contributed by atoms with Crippen molar-refractivity contribution in [2.45, 2.75) is 26.7 Å². The number of hydrogen-bond acceptors (Lipinski definition) is 0. The van der Waals surface area contributed by atoms with Crippen molar-refractivity contribution < 1.29 is 0 Å². The van der Waals surface area contributed by atoms with E-state index < -0.39 is 0 Å². The monoisotopic (exact) mass is 109 g/mol. The van der Waals surface area contributed by atoms with E-state index in [1.807, 2.05) is 0 Å². The Bertz CT molecular complexity index is 98.6. The van der Waals surface area contributed by atoms with Crippen LogP contribution in [0.4, 0.5) is 0 Å². The van der Waals surface area contributed by atoms with Crippen molar-refractivity contribution in [3.8, 4) is 0 Å². The maximum absolute atomic E-state index is 2.37. The fourth-order valence-electron chi connectivity index (χ4n) is 0.954. The first-order valence-corrected chi connectivity index (χ1v) is 3.20. The van der Waals surface area contributed by atoms with Gasteiger partial charge in [0.2, 0.25) is 0 Å². The fourth-order valence-corrected chi connectivity index (χ4v) is 0.954. The molecule has 0 spiro atoms. The summed E-state index contributed by atoms with van der Waals surface area (Å²) in [5.41, 5.74) is 0.467. The van der Waals surface area contributed by atoms with Crippen LogP contribution in [0.25, 0.3) is 0 Å².